The number of guanidine groups is 1. The molecule has 1 fully saturated rings. The number of aliphatic imine (C=N–C) groups is 1. The van der Waals surface area contributed by atoms with Gasteiger partial charge in [-0.15, -0.1) is 9.25 Å². The van der Waals surface area contributed by atoms with E-state index >= 15 is 0 Å². The van der Waals surface area contributed by atoms with E-state index in [2.05, 4.69) is 21.0 Å². The highest BCUT2D eigenvalue weighted by atomic mass is 31.2. The molecule has 1 heterocycles. The van der Waals surface area contributed by atoms with E-state index in [1.807, 2.05) is 0 Å². The van der Waals surface area contributed by atoms with E-state index in [0.717, 1.165) is 0 Å². The van der Waals surface area contributed by atoms with E-state index in [-0.39, 0.29) is 0 Å². The average molecular weight is 165 g/mol. The summed E-state index contributed by atoms with van der Waals surface area (Å²) in [4.78, 5) is 11.4. The zero-order chi connectivity index (χ0) is 7.78. The number of hydroxylamine groups is 2. The predicted octanol–water partition coefficient (Wildman–Crippen LogP) is -0.0990. The van der Waals surface area contributed by atoms with Gasteiger partial charge in [-0.05, 0) is 6.72 Å². The van der Waals surface area contributed by atoms with Gasteiger partial charge in [-0.1, -0.05) is 5.23 Å². The van der Waals surface area contributed by atoms with E-state index in [1.54, 1.807) is 0 Å². The van der Waals surface area contributed by atoms with Crippen molar-refractivity contribution in [3.05, 3.63) is 0 Å². The summed E-state index contributed by atoms with van der Waals surface area (Å²) in [6.45, 7) is 2.96. The predicted molar refractivity (Wildman–Crippen MR) is 31.1 cm³/mol. The lowest BCUT2D eigenvalue weighted by atomic mass is 11.0. The molecule has 8 heteroatoms. The van der Waals surface area contributed by atoms with Gasteiger partial charge in [0.15, 0.2) is 0 Å². The molecule has 7 nitrogen and oxygen atoms in total. The Bertz CT molecular complexity index is 217. The van der Waals surface area contributed by atoms with Crippen LogP contribution in [-0.4, -0.2) is 22.8 Å². The zero-order valence-corrected chi connectivity index (χ0v) is 5.62. The highest BCUT2D eigenvalue weighted by Gasteiger charge is 2.43. The van der Waals surface area contributed by atoms with Crippen LogP contribution in [0.2, 0.25) is 0 Å². The molecule has 1 rings (SSSR count). The Morgan fingerprint density at radius 2 is 2.30 bits per heavy atom. The van der Waals surface area contributed by atoms with Crippen LogP contribution in [0.25, 0.3) is 0 Å². The standard InChI is InChI=1S/C2H4N3O4P/c1-4-2(3)5-8-10(6,7)9-5/h3H,1H2,(H,6,7). The summed E-state index contributed by atoms with van der Waals surface area (Å²) in [5.41, 5.74) is 0. The molecule has 0 aromatic rings. The van der Waals surface area contributed by atoms with Crippen LogP contribution >= 0.6 is 7.82 Å². The minimum Gasteiger partial charge on any atom is -0.300 e. The first-order valence-electron chi connectivity index (χ1n) is 2.13. The maximum absolute atomic E-state index is 10.2. The molecule has 56 valence electrons. The van der Waals surface area contributed by atoms with E-state index in [1.165, 1.54) is 0 Å². The minimum absolute atomic E-state index is 0.397. The van der Waals surface area contributed by atoms with Crippen LogP contribution in [-0.2, 0) is 13.8 Å². The third kappa shape index (κ3) is 1.22. The molecule has 0 atom stereocenters. The quantitative estimate of drug-likeness (QED) is 0.297. The van der Waals surface area contributed by atoms with Gasteiger partial charge < -0.3 is 0 Å². The second kappa shape index (κ2) is 2.14. The normalized spacial score (nSPS) is 21.5. The summed E-state index contributed by atoms with van der Waals surface area (Å²) < 4.78 is 18.3. The summed E-state index contributed by atoms with van der Waals surface area (Å²) in [5.74, 6) is -0.472. The van der Waals surface area contributed by atoms with Crippen molar-refractivity contribution >= 4 is 20.5 Å². The molecule has 0 aliphatic carbocycles. The van der Waals surface area contributed by atoms with E-state index < -0.39 is 13.8 Å². The fraction of sp³-hybridized carbons (Fsp3) is 0. The van der Waals surface area contributed by atoms with Crippen molar-refractivity contribution in [2.75, 3.05) is 0 Å². The maximum Gasteiger partial charge on any atom is 0.519 e. The van der Waals surface area contributed by atoms with Gasteiger partial charge in [-0.25, -0.2) is 9.56 Å². The first-order valence-corrected chi connectivity index (χ1v) is 3.62. The van der Waals surface area contributed by atoms with Crippen LogP contribution in [0.5, 0.6) is 0 Å². The number of hydrogen-bond acceptors (Lipinski definition) is 4. The summed E-state index contributed by atoms with van der Waals surface area (Å²) in [6, 6.07) is 0. The van der Waals surface area contributed by atoms with Crippen molar-refractivity contribution in [1.82, 2.24) is 5.23 Å². The molecule has 0 bridgehead atoms. The maximum atomic E-state index is 10.2. The molecule has 10 heavy (non-hydrogen) atoms. The van der Waals surface area contributed by atoms with Gasteiger partial charge in [0.25, 0.3) is 5.96 Å². The lowest BCUT2D eigenvalue weighted by Crippen LogP contribution is -2.35. The van der Waals surface area contributed by atoms with E-state index in [9.17, 15) is 4.57 Å². The summed E-state index contributed by atoms with van der Waals surface area (Å²) in [6.07, 6.45) is 0. The van der Waals surface area contributed by atoms with Gasteiger partial charge in [0, 0.05) is 0 Å². The lowest BCUT2D eigenvalue weighted by molar-refractivity contribution is -0.297. The molecule has 1 aliphatic rings. The molecule has 0 spiro atoms. The van der Waals surface area contributed by atoms with Crippen molar-refractivity contribution in [3.63, 3.8) is 0 Å². The summed E-state index contributed by atoms with van der Waals surface area (Å²) >= 11 is 0. The summed E-state index contributed by atoms with van der Waals surface area (Å²) in [7, 11) is -3.89. The zero-order valence-electron chi connectivity index (χ0n) is 4.72. The Kier molecular flexibility index (Phi) is 1.57. The third-order valence-corrected chi connectivity index (χ3v) is 1.39. The van der Waals surface area contributed by atoms with Gasteiger partial charge in [0.05, 0.1) is 0 Å². The van der Waals surface area contributed by atoms with Crippen LogP contribution < -0.4 is 0 Å². The highest BCUT2D eigenvalue weighted by Crippen LogP contribution is 2.54. The second-order valence-electron chi connectivity index (χ2n) is 1.37. The minimum atomic E-state index is -3.89. The fourth-order valence-corrected chi connectivity index (χ4v) is 0.870. The number of nitrogens with one attached hydrogen (secondary N) is 1. The average Bonchev–Trinajstić information content (AvgIpc) is 1.81. The molecule has 0 aromatic heterocycles. The van der Waals surface area contributed by atoms with Crippen LogP contribution in [0.3, 0.4) is 0 Å². The van der Waals surface area contributed by atoms with Crippen LogP contribution in [0, 0.1) is 5.41 Å². The van der Waals surface area contributed by atoms with Gasteiger partial charge in [0.2, 0.25) is 0 Å². The molecular weight excluding hydrogens is 161 g/mol. The largest absolute Gasteiger partial charge is 0.519 e. The van der Waals surface area contributed by atoms with Crippen molar-refractivity contribution in [2.24, 2.45) is 4.99 Å². The lowest BCUT2D eigenvalue weighted by Gasteiger charge is -2.30. The van der Waals surface area contributed by atoms with Crippen LogP contribution in [0.15, 0.2) is 4.99 Å². The number of hydrogen-bond donors (Lipinski definition) is 2. The first-order chi connectivity index (χ1) is 4.55. The molecule has 1 aliphatic heterocycles. The summed E-state index contributed by atoms with van der Waals surface area (Å²) in [5, 5.41) is 7.18. The Morgan fingerprint density at radius 1 is 1.80 bits per heavy atom. The second-order valence-corrected chi connectivity index (χ2v) is 2.63. The molecule has 0 unspecified atom stereocenters. The van der Waals surface area contributed by atoms with E-state index in [4.69, 9.17) is 10.3 Å². The van der Waals surface area contributed by atoms with Crippen molar-refractivity contribution in [1.29, 1.82) is 5.41 Å². The Balaban J connectivity index is 2.47. The monoisotopic (exact) mass is 165 g/mol. The smallest absolute Gasteiger partial charge is 0.300 e. The van der Waals surface area contributed by atoms with E-state index in [0.29, 0.717) is 5.23 Å². The van der Waals surface area contributed by atoms with Gasteiger partial charge in [0.1, 0.15) is 0 Å². The van der Waals surface area contributed by atoms with Gasteiger partial charge in [-0.2, -0.15) is 0 Å². The molecular formula is C2H4N3O4P. The fourth-order valence-electron chi connectivity index (χ4n) is 0.329. The number of rotatable bonds is 0. The van der Waals surface area contributed by atoms with Gasteiger partial charge >= 0.3 is 7.82 Å². The molecule has 1 saturated heterocycles. The highest BCUT2D eigenvalue weighted by molar-refractivity contribution is 7.48. The number of nitrogens with zero attached hydrogens (tertiary/aromatic N) is 2. The van der Waals surface area contributed by atoms with Gasteiger partial charge in [-0.3, -0.25) is 10.3 Å². The molecule has 0 amide bonds. The number of phosphoric acid groups is 1. The third-order valence-electron chi connectivity index (χ3n) is 0.677. The Labute approximate surface area is 55.9 Å². The molecule has 0 radical (unpaired) electrons. The molecule has 0 aromatic carbocycles. The van der Waals surface area contributed by atoms with Crippen molar-refractivity contribution < 1.29 is 18.7 Å². The molecule has 0 saturated carbocycles. The Hall–Kier alpha value is -0.750. The first kappa shape index (κ1) is 7.36. The van der Waals surface area contributed by atoms with Crippen LogP contribution in [0.1, 0.15) is 0 Å². The Morgan fingerprint density at radius 3 is 2.60 bits per heavy atom. The van der Waals surface area contributed by atoms with Crippen LogP contribution in [0.4, 0.5) is 0 Å². The topological polar surface area (TPSA) is 95.2 Å². The van der Waals surface area contributed by atoms with Crippen molar-refractivity contribution in [2.45, 2.75) is 0 Å². The van der Waals surface area contributed by atoms with Crippen molar-refractivity contribution in [3.8, 4) is 0 Å². The molecule has 2 N–H and O–H groups in total. The SMILES string of the molecule is C=NC(=N)N1OP(=O)(O)O1.